The van der Waals surface area contributed by atoms with Crippen molar-refractivity contribution in [3.8, 4) is 0 Å². The lowest BCUT2D eigenvalue weighted by Gasteiger charge is -2.16. The van der Waals surface area contributed by atoms with Crippen LogP contribution in [0.15, 0.2) is 58.5 Å². The summed E-state index contributed by atoms with van der Waals surface area (Å²) >= 11 is 7.17. The number of nitrogens with zero attached hydrogens (tertiary/aromatic N) is 2. The van der Waals surface area contributed by atoms with Crippen molar-refractivity contribution in [1.82, 2.24) is 4.73 Å². The molecule has 0 amide bonds. The third-order valence-electron chi connectivity index (χ3n) is 3.13. The van der Waals surface area contributed by atoms with Crippen LogP contribution in [0, 0.1) is 17.0 Å². The first-order valence-electron chi connectivity index (χ1n) is 6.26. The lowest BCUT2D eigenvalue weighted by molar-refractivity contribution is -0.510. The molecule has 0 atom stereocenters. The zero-order valence-electron chi connectivity index (χ0n) is 11.1. The minimum Gasteiger partial charge on any atom is -0.805 e. The monoisotopic (exact) mass is 318 g/mol. The van der Waals surface area contributed by atoms with Crippen LogP contribution in [-0.4, -0.2) is 4.73 Å². The molecular formula is C15H11ClN2O2S. The van der Waals surface area contributed by atoms with Crippen molar-refractivity contribution in [2.45, 2.75) is 16.8 Å². The fourth-order valence-corrected chi connectivity index (χ4v) is 3.17. The lowest BCUT2D eigenvalue weighted by Crippen LogP contribution is -2.23. The highest BCUT2D eigenvalue weighted by atomic mass is 35.5. The third-order valence-corrected chi connectivity index (χ3v) is 4.53. The van der Waals surface area contributed by atoms with Gasteiger partial charge in [-0.15, -0.1) is 0 Å². The Hall–Kier alpha value is -1.98. The molecule has 0 bridgehead atoms. The lowest BCUT2D eigenvalue weighted by atomic mass is 10.3. The van der Waals surface area contributed by atoms with Gasteiger partial charge in [-0.1, -0.05) is 29.8 Å². The van der Waals surface area contributed by atoms with Gasteiger partial charge in [0.25, 0.3) is 5.52 Å². The van der Waals surface area contributed by atoms with Gasteiger partial charge >= 0.3 is 5.03 Å². The Balaban J connectivity index is 2.24. The van der Waals surface area contributed by atoms with Crippen LogP contribution in [0.4, 0.5) is 0 Å². The van der Waals surface area contributed by atoms with E-state index < -0.39 is 0 Å². The normalized spacial score (nSPS) is 11.0. The van der Waals surface area contributed by atoms with Crippen molar-refractivity contribution >= 4 is 34.4 Å². The van der Waals surface area contributed by atoms with E-state index in [-0.39, 0.29) is 5.52 Å². The Bertz CT molecular complexity index is 878. The number of aromatic nitrogens is 2. The van der Waals surface area contributed by atoms with Gasteiger partial charge in [0.2, 0.25) is 0 Å². The molecule has 0 aliphatic carbocycles. The van der Waals surface area contributed by atoms with Crippen LogP contribution < -0.4 is 4.43 Å². The molecule has 0 spiro atoms. The summed E-state index contributed by atoms with van der Waals surface area (Å²) in [5.41, 5.74) is 0.930. The SMILES string of the molecule is Cc1c(Sc2ccccc2)[n+](=O)c2ccc(Cl)cc2n1[O-]. The summed E-state index contributed by atoms with van der Waals surface area (Å²) in [6, 6.07) is 14.1. The van der Waals surface area contributed by atoms with Gasteiger partial charge in [0.1, 0.15) is 5.52 Å². The summed E-state index contributed by atoms with van der Waals surface area (Å²) < 4.78 is 1.54. The summed E-state index contributed by atoms with van der Waals surface area (Å²) in [5, 5.41) is 13.1. The molecule has 0 fully saturated rings. The van der Waals surface area contributed by atoms with Gasteiger partial charge in [-0.05, 0) is 43.0 Å². The predicted octanol–water partition coefficient (Wildman–Crippen LogP) is 4.01. The van der Waals surface area contributed by atoms with E-state index >= 15 is 0 Å². The van der Waals surface area contributed by atoms with E-state index in [2.05, 4.69) is 0 Å². The molecule has 3 aromatic rings. The van der Waals surface area contributed by atoms with E-state index in [0.717, 1.165) is 14.1 Å². The summed E-state index contributed by atoms with van der Waals surface area (Å²) in [6.07, 6.45) is 0. The Labute approximate surface area is 130 Å². The Morgan fingerprint density at radius 2 is 1.90 bits per heavy atom. The first-order chi connectivity index (χ1) is 10.1. The standard InChI is InChI=1S/C15H11ClN2O2S/c1-10-15(21-12-5-3-2-4-6-12)18(20)13-8-7-11(16)9-14(13)17(10)19/h2-9H,1H3. The fraction of sp³-hybridized carbons (Fsp3) is 0.0667. The van der Waals surface area contributed by atoms with Gasteiger partial charge in [0.05, 0.1) is 10.1 Å². The highest BCUT2D eigenvalue weighted by molar-refractivity contribution is 7.99. The molecule has 0 radical (unpaired) electrons. The molecule has 0 saturated carbocycles. The van der Waals surface area contributed by atoms with Crippen molar-refractivity contribution in [2.75, 3.05) is 0 Å². The maximum Gasteiger partial charge on any atom is 0.320 e. The van der Waals surface area contributed by atoms with E-state index in [1.54, 1.807) is 19.1 Å². The van der Waals surface area contributed by atoms with Crippen LogP contribution in [-0.2, 0) is 0 Å². The van der Waals surface area contributed by atoms with Gasteiger partial charge in [0.15, 0.2) is 0 Å². The topological polar surface area (TPSA) is 51.0 Å². The van der Waals surface area contributed by atoms with Crippen molar-refractivity contribution < 1.29 is 4.43 Å². The second-order valence-electron chi connectivity index (χ2n) is 4.53. The molecule has 1 heterocycles. The zero-order chi connectivity index (χ0) is 15.0. The minimum atomic E-state index is 0.271. The zero-order valence-corrected chi connectivity index (χ0v) is 12.7. The van der Waals surface area contributed by atoms with Crippen molar-refractivity contribution in [2.24, 2.45) is 0 Å². The molecular weight excluding hydrogens is 308 g/mol. The van der Waals surface area contributed by atoms with Gasteiger partial charge in [-0.25, -0.2) is 0 Å². The molecule has 2 aromatic carbocycles. The van der Waals surface area contributed by atoms with Gasteiger partial charge < -0.3 is 9.94 Å². The Morgan fingerprint density at radius 1 is 1.19 bits per heavy atom. The van der Waals surface area contributed by atoms with Crippen molar-refractivity contribution in [3.63, 3.8) is 0 Å². The summed E-state index contributed by atoms with van der Waals surface area (Å²) in [4.78, 5) is 13.4. The van der Waals surface area contributed by atoms with E-state index in [4.69, 9.17) is 11.6 Å². The van der Waals surface area contributed by atoms with Gasteiger partial charge in [0, 0.05) is 20.9 Å². The van der Waals surface area contributed by atoms with Crippen LogP contribution >= 0.6 is 23.4 Å². The largest absolute Gasteiger partial charge is 0.805 e. The number of benzene rings is 2. The molecule has 0 unspecified atom stereocenters. The maximum absolute atomic E-state index is 12.5. The molecule has 21 heavy (non-hydrogen) atoms. The van der Waals surface area contributed by atoms with Crippen LogP contribution in [0.1, 0.15) is 5.69 Å². The average molecular weight is 319 g/mol. The van der Waals surface area contributed by atoms with Gasteiger partial charge in [-0.2, -0.15) is 0 Å². The second kappa shape index (κ2) is 5.42. The summed E-state index contributed by atoms with van der Waals surface area (Å²) in [7, 11) is 0. The highest BCUT2D eigenvalue weighted by Crippen LogP contribution is 2.29. The van der Waals surface area contributed by atoms with Crippen LogP contribution in [0.5, 0.6) is 0 Å². The molecule has 0 N–H and O–H groups in total. The van der Waals surface area contributed by atoms with E-state index in [0.29, 0.717) is 21.3 Å². The molecule has 6 heteroatoms. The number of hydrogen-bond acceptors (Lipinski definition) is 3. The van der Waals surface area contributed by atoms with Crippen LogP contribution in [0.25, 0.3) is 11.0 Å². The summed E-state index contributed by atoms with van der Waals surface area (Å²) in [6.45, 7) is 1.63. The molecule has 4 nitrogen and oxygen atoms in total. The molecule has 0 aliphatic heterocycles. The first kappa shape index (κ1) is 14.0. The Morgan fingerprint density at radius 3 is 2.62 bits per heavy atom. The molecule has 0 aliphatic rings. The predicted molar refractivity (Wildman–Crippen MR) is 84.4 cm³/mol. The quantitative estimate of drug-likeness (QED) is 0.671. The van der Waals surface area contributed by atoms with E-state index in [1.807, 2.05) is 30.3 Å². The smallest absolute Gasteiger partial charge is 0.320 e. The van der Waals surface area contributed by atoms with Crippen LogP contribution in [0.2, 0.25) is 5.02 Å². The average Bonchev–Trinajstić information content (AvgIpc) is 2.50. The number of hydrogen-bond donors (Lipinski definition) is 0. The van der Waals surface area contributed by atoms with Crippen molar-refractivity contribution in [1.29, 1.82) is 0 Å². The van der Waals surface area contributed by atoms with Crippen molar-refractivity contribution in [3.05, 3.63) is 69.4 Å². The second-order valence-corrected chi connectivity index (χ2v) is 6.03. The first-order valence-corrected chi connectivity index (χ1v) is 7.45. The maximum atomic E-state index is 12.5. The molecule has 3 rings (SSSR count). The molecule has 0 saturated heterocycles. The number of fused-ring (bicyclic) bond motifs is 1. The fourth-order valence-electron chi connectivity index (χ4n) is 2.07. The van der Waals surface area contributed by atoms with Gasteiger partial charge in [-0.3, -0.25) is 0 Å². The van der Waals surface area contributed by atoms with E-state index in [1.165, 1.54) is 17.8 Å². The molecule has 1 aromatic heterocycles. The Kier molecular flexibility index (Phi) is 3.61. The van der Waals surface area contributed by atoms with Crippen LogP contribution in [0.3, 0.4) is 0 Å². The highest BCUT2D eigenvalue weighted by Gasteiger charge is 2.21. The van der Waals surface area contributed by atoms with E-state index in [9.17, 15) is 10.1 Å². The summed E-state index contributed by atoms with van der Waals surface area (Å²) in [5.74, 6) is 0. The molecule has 106 valence electrons. The number of rotatable bonds is 2. The third kappa shape index (κ3) is 2.50. The minimum absolute atomic E-state index is 0.271. The number of halogens is 1.